The van der Waals surface area contributed by atoms with Crippen LogP contribution in [0.5, 0.6) is 0 Å². The lowest BCUT2D eigenvalue weighted by Crippen LogP contribution is -2.23. The molecule has 4 nitrogen and oxygen atoms in total. The molecule has 0 radical (unpaired) electrons. The molecule has 21 heavy (non-hydrogen) atoms. The molecule has 1 aromatic heterocycles. The summed E-state index contributed by atoms with van der Waals surface area (Å²) in [7, 11) is 0. The van der Waals surface area contributed by atoms with E-state index in [0.29, 0.717) is 0 Å². The fraction of sp³-hybridized carbons (Fsp3) is 0.167. The van der Waals surface area contributed by atoms with Crippen LogP contribution in [-0.2, 0) is 6.18 Å². The quantitative estimate of drug-likeness (QED) is 0.856. The van der Waals surface area contributed by atoms with Gasteiger partial charge in [-0.2, -0.15) is 23.0 Å². The number of rotatable bonds is 2. The van der Waals surface area contributed by atoms with Crippen LogP contribution in [-0.4, -0.2) is 16.0 Å². The number of nitrogen functional groups attached to an aromatic ring is 1. The van der Waals surface area contributed by atoms with Crippen molar-refractivity contribution in [2.45, 2.75) is 11.1 Å². The summed E-state index contributed by atoms with van der Waals surface area (Å²) in [4.78, 5) is 11.9. The Bertz CT molecular complexity index is 746. The molecule has 2 aromatic rings. The van der Waals surface area contributed by atoms with Crippen molar-refractivity contribution in [2.24, 2.45) is 0 Å². The van der Waals surface area contributed by atoms with E-state index in [1.54, 1.807) is 0 Å². The van der Waals surface area contributed by atoms with E-state index in [1.807, 2.05) is 0 Å². The van der Waals surface area contributed by atoms with E-state index < -0.39 is 17.3 Å². The Hall–Kier alpha value is -1.67. The number of aromatic nitrogens is 2. The molecule has 0 unspecified atom stereocenters. The van der Waals surface area contributed by atoms with Crippen LogP contribution in [0.25, 0.3) is 5.69 Å². The average Bonchev–Trinajstić information content (AvgIpc) is 2.43. The van der Waals surface area contributed by atoms with Gasteiger partial charge in [0, 0.05) is 4.90 Å². The van der Waals surface area contributed by atoms with E-state index in [-0.39, 0.29) is 21.3 Å². The van der Waals surface area contributed by atoms with Crippen LogP contribution in [0.3, 0.4) is 0 Å². The zero-order valence-electron chi connectivity index (χ0n) is 10.6. The molecule has 1 heterocycles. The van der Waals surface area contributed by atoms with Crippen LogP contribution in [0.4, 0.5) is 18.9 Å². The molecular weight excluding hydrogens is 327 g/mol. The summed E-state index contributed by atoms with van der Waals surface area (Å²) in [6, 6.07) is 3.51. The van der Waals surface area contributed by atoms with Crippen LogP contribution in [0, 0.1) is 0 Å². The van der Waals surface area contributed by atoms with Gasteiger partial charge in [-0.15, -0.1) is 11.8 Å². The molecule has 2 rings (SSSR count). The molecule has 0 saturated carbocycles. The Kier molecular flexibility index (Phi) is 4.20. The maximum atomic E-state index is 13.0. The highest BCUT2D eigenvalue weighted by Gasteiger charge is 2.34. The maximum absolute atomic E-state index is 13.0. The van der Waals surface area contributed by atoms with E-state index in [1.165, 1.54) is 18.4 Å². The summed E-state index contributed by atoms with van der Waals surface area (Å²) in [5.41, 5.74) is 3.81. The van der Waals surface area contributed by atoms with Crippen LogP contribution >= 0.6 is 23.4 Å². The van der Waals surface area contributed by atoms with Gasteiger partial charge < -0.3 is 5.73 Å². The minimum atomic E-state index is -4.53. The zero-order valence-corrected chi connectivity index (χ0v) is 12.2. The zero-order chi connectivity index (χ0) is 15.8. The normalized spacial score (nSPS) is 11.7. The molecule has 112 valence electrons. The third-order valence-electron chi connectivity index (χ3n) is 2.68. The first-order valence-electron chi connectivity index (χ1n) is 5.55. The number of nitrogens with two attached hydrogens (primary N) is 1. The maximum Gasteiger partial charge on any atom is 0.417 e. The van der Waals surface area contributed by atoms with Gasteiger partial charge in [0.05, 0.1) is 23.1 Å². The topological polar surface area (TPSA) is 60.9 Å². The van der Waals surface area contributed by atoms with Crippen LogP contribution in [0.1, 0.15) is 5.56 Å². The van der Waals surface area contributed by atoms with Gasteiger partial charge in [0.2, 0.25) is 0 Å². The predicted molar refractivity (Wildman–Crippen MR) is 76.0 cm³/mol. The fourth-order valence-electron chi connectivity index (χ4n) is 1.75. The van der Waals surface area contributed by atoms with Crippen molar-refractivity contribution in [2.75, 3.05) is 12.0 Å². The highest BCUT2D eigenvalue weighted by molar-refractivity contribution is 7.98. The van der Waals surface area contributed by atoms with E-state index in [4.69, 9.17) is 17.3 Å². The summed E-state index contributed by atoms with van der Waals surface area (Å²) >= 11 is 6.60. The van der Waals surface area contributed by atoms with Crippen molar-refractivity contribution in [3.8, 4) is 5.69 Å². The van der Waals surface area contributed by atoms with Gasteiger partial charge in [-0.25, -0.2) is 0 Å². The molecule has 0 atom stereocenters. The van der Waals surface area contributed by atoms with Crippen molar-refractivity contribution < 1.29 is 13.2 Å². The molecule has 2 N–H and O–H groups in total. The number of halogens is 4. The largest absolute Gasteiger partial charge is 0.417 e. The second-order valence-corrected chi connectivity index (χ2v) is 5.18. The minimum Gasteiger partial charge on any atom is -0.396 e. The molecule has 0 aliphatic carbocycles. The van der Waals surface area contributed by atoms with Crippen LogP contribution < -0.4 is 11.3 Å². The van der Waals surface area contributed by atoms with Gasteiger partial charge in [0.15, 0.2) is 0 Å². The molecule has 0 fully saturated rings. The first kappa shape index (κ1) is 15.7. The number of thioether (sulfide) groups is 1. The van der Waals surface area contributed by atoms with Gasteiger partial charge in [-0.1, -0.05) is 17.7 Å². The molecule has 9 heteroatoms. The Morgan fingerprint density at radius 3 is 2.62 bits per heavy atom. The molecule has 0 spiro atoms. The van der Waals surface area contributed by atoms with Gasteiger partial charge >= 0.3 is 6.18 Å². The molecule has 0 aliphatic heterocycles. The number of hydrogen-bond donors (Lipinski definition) is 1. The monoisotopic (exact) mass is 335 g/mol. The summed E-state index contributed by atoms with van der Waals surface area (Å²) in [6.07, 6.45) is -1.93. The fourth-order valence-corrected chi connectivity index (χ4v) is 2.64. The molecule has 0 amide bonds. The second kappa shape index (κ2) is 5.61. The molecule has 0 aliphatic rings. The summed E-state index contributed by atoms with van der Waals surface area (Å²) in [5, 5.41) is 3.47. The third kappa shape index (κ3) is 2.86. The average molecular weight is 336 g/mol. The highest BCUT2D eigenvalue weighted by Crippen LogP contribution is 2.38. The Balaban J connectivity index is 2.77. The lowest BCUT2D eigenvalue weighted by molar-refractivity contribution is -0.139. The Morgan fingerprint density at radius 1 is 1.38 bits per heavy atom. The minimum absolute atomic E-state index is 0.00391. The van der Waals surface area contributed by atoms with Gasteiger partial charge in [-0.05, 0) is 18.4 Å². The van der Waals surface area contributed by atoms with Crippen molar-refractivity contribution >= 4 is 29.1 Å². The van der Waals surface area contributed by atoms with Crippen molar-refractivity contribution in [1.82, 2.24) is 9.78 Å². The Labute approximate surface area is 126 Å². The number of alkyl halides is 3. The molecule has 1 aromatic carbocycles. The predicted octanol–water partition coefficient (Wildman–Crippen LogP) is 3.21. The lowest BCUT2D eigenvalue weighted by Gasteiger charge is -2.15. The molecule has 0 saturated heterocycles. The van der Waals surface area contributed by atoms with E-state index in [9.17, 15) is 18.0 Å². The van der Waals surface area contributed by atoms with Crippen LogP contribution in [0.15, 0.2) is 34.1 Å². The highest BCUT2D eigenvalue weighted by atomic mass is 35.5. The summed E-state index contributed by atoms with van der Waals surface area (Å²) in [5.74, 6) is 0. The standard InChI is InChI=1S/C12H9ClF3N3OS/c1-21-10-6(12(14,15)16)3-2-4-8(10)19-11(20)9(13)7(17)5-18-19/h2-5H,17H2,1H3. The van der Waals surface area contributed by atoms with Crippen molar-refractivity contribution in [1.29, 1.82) is 0 Å². The molecule has 0 bridgehead atoms. The van der Waals surface area contributed by atoms with Crippen LogP contribution in [0.2, 0.25) is 5.02 Å². The smallest absolute Gasteiger partial charge is 0.396 e. The number of hydrogen-bond acceptors (Lipinski definition) is 4. The van der Waals surface area contributed by atoms with E-state index in [0.717, 1.165) is 28.7 Å². The molecular formula is C12H9ClF3N3OS. The number of anilines is 1. The lowest BCUT2D eigenvalue weighted by atomic mass is 10.2. The first-order valence-corrected chi connectivity index (χ1v) is 7.15. The second-order valence-electron chi connectivity index (χ2n) is 3.99. The number of nitrogens with zero attached hydrogens (tertiary/aromatic N) is 2. The SMILES string of the molecule is CSc1c(-n2ncc(N)c(Cl)c2=O)cccc1C(F)(F)F. The summed E-state index contributed by atoms with van der Waals surface area (Å²) < 4.78 is 39.8. The first-order chi connectivity index (χ1) is 9.77. The van der Waals surface area contributed by atoms with Gasteiger partial charge in [0.25, 0.3) is 5.56 Å². The summed E-state index contributed by atoms with van der Waals surface area (Å²) in [6.45, 7) is 0. The van der Waals surface area contributed by atoms with E-state index >= 15 is 0 Å². The number of benzene rings is 1. The third-order valence-corrected chi connectivity index (χ3v) is 3.90. The van der Waals surface area contributed by atoms with Crippen molar-refractivity contribution in [3.05, 3.63) is 45.3 Å². The van der Waals surface area contributed by atoms with E-state index in [2.05, 4.69) is 5.10 Å². The van der Waals surface area contributed by atoms with Gasteiger partial charge in [-0.3, -0.25) is 4.79 Å². The van der Waals surface area contributed by atoms with Gasteiger partial charge in [0.1, 0.15) is 5.02 Å². The Morgan fingerprint density at radius 2 is 2.05 bits per heavy atom. The van der Waals surface area contributed by atoms with Crippen molar-refractivity contribution in [3.63, 3.8) is 0 Å².